The molecule has 1 saturated heterocycles. The maximum absolute atomic E-state index is 13.9. The molecule has 7 heteroatoms. The number of hydrogen-bond acceptors (Lipinski definition) is 3. The molecule has 1 aliphatic heterocycles. The Hall–Kier alpha value is -2.77. The third-order valence-electron chi connectivity index (χ3n) is 5.95. The first kappa shape index (κ1) is 24.4. The van der Waals surface area contributed by atoms with E-state index in [1.807, 2.05) is 12.1 Å². The highest BCUT2D eigenvalue weighted by Gasteiger charge is 2.22. The van der Waals surface area contributed by atoms with E-state index in [0.717, 1.165) is 42.9 Å². The van der Waals surface area contributed by atoms with Crippen molar-refractivity contribution in [3.8, 4) is 5.75 Å². The first-order chi connectivity index (χ1) is 16.5. The number of hydrogen-bond donors (Lipinski definition) is 1. The highest BCUT2D eigenvalue weighted by molar-refractivity contribution is 9.10. The van der Waals surface area contributed by atoms with Crippen LogP contribution in [0.5, 0.6) is 5.75 Å². The largest absolute Gasteiger partial charge is 0.484 e. The van der Waals surface area contributed by atoms with Crippen LogP contribution in [0.1, 0.15) is 24.0 Å². The molecule has 0 aliphatic carbocycles. The molecule has 1 N–H and O–H groups in total. The molecule has 1 aliphatic rings. The number of ether oxygens (including phenoxy) is 1. The Labute approximate surface area is 213 Å². The van der Waals surface area contributed by atoms with Gasteiger partial charge in [-0.15, -0.1) is 0 Å². The van der Waals surface area contributed by atoms with Crippen molar-refractivity contribution in [2.75, 3.05) is 25.0 Å². The van der Waals surface area contributed by atoms with Crippen LogP contribution in [0, 0.1) is 11.7 Å². The van der Waals surface area contributed by atoms with Crippen LogP contribution in [-0.2, 0) is 11.2 Å². The summed E-state index contributed by atoms with van der Waals surface area (Å²) in [5, 5.41) is 2.51. The number of piperidine rings is 1. The monoisotopic (exact) mass is 540 g/mol. The Balaban J connectivity index is 1.24. The van der Waals surface area contributed by atoms with E-state index < -0.39 is 11.7 Å². The highest BCUT2D eigenvalue weighted by atomic mass is 79.9. The highest BCUT2D eigenvalue weighted by Crippen LogP contribution is 2.24. The number of nitrogens with one attached hydrogen (secondary N) is 1. The lowest BCUT2D eigenvalue weighted by Gasteiger charge is -2.34. The van der Waals surface area contributed by atoms with Gasteiger partial charge in [-0.05, 0) is 73.2 Å². The van der Waals surface area contributed by atoms with Crippen molar-refractivity contribution in [2.24, 2.45) is 5.92 Å². The molecule has 1 fully saturated rings. The number of halogens is 2. The maximum atomic E-state index is 13.9. The van der Waals surface area contributed by atoms with E-state index in [-0.39, 0.29) is 12.3 Å². The van der Waals surface area contributed by atoms with E-state index >= 15 is 0 Å². The van der Waals surface area contributed by atoms with E-state index in [0.29, 0.717) is 16.1 Å². The smallest absolute Gasteiger partial charge is 0.262 e. The predicted molar refractivity (Wildman–Crippen MR) is 141 cm³/mol. The van der Waals surface area contributed by atoms with Crippen molar-refractivity contribution >= 4 is 44.7 Å². The van der Waals surface area contributed by atoms with Crippen molar-refractivity contribution in [3.63, 3.8) is 0 Å². The van der Waals surface area contributed by atoms with Crippen LogP contribution >= 0.6 is 28.1 Å². The van der Waals surface area contributed by atoms with Gasteiger partial charge < -0.3 is 15.0 Å². The van der Waals surface area contributed by atoms with Gasteiger partial charge in [0.15, 0.2) is 6.61 Å². The van der Waals surface area contributed by atoms with Gasteiger partial charge in [0.2, 0.25) is 0 Å². The van der Waals surface area contributed by atoms with E-state index in [9.17, 15) is 9.18 Å². The second-order valence-electron chi connectivity index (χ2n) is 8.41. The van der Waals surface area contributed by atoms with Crippen LogP contribution in [0.25, 0.3) is 0 Å². The van der Waals surface area contributed by atoms with Crippen molar-refractivity contribution in [1.82, 2.24) is 4.90 Å². The fourth-order valence-corrected chi connectivity index (χ4v) is 4.74. The van der Waals surface area contributed by atoms with E-state index in [2.05, 4.69) is 56.5 Å². The second kappa shape index (κ2) is 11.6. The summed E-state index contributed by atoms with van der Waals surface area (Å²) in [6.07, 6.45) is 3.38. The Morgan fingerprint density at radius 3 is 2.44 bits per heavy atom. The zero-order valence-corrected chi connectivity index (χ0v) is 21.1. The lowest BCUT2D eigenvalue weighted by molar-refractivity contribution is -0.118. The lowest BCUT2D eigenvalue weighted by atomic mass is 9.90. The molecule has 1 amide bonds. The summed E-state index contributed by atoms with van der Waals surface area (Å²) >= 11 is 8.92. The van der Waals surface area contributed by atoms with Gasteiger partial charge in [-0.1, -0.05) is 58.5 Å². The molecule has 0 aromatic heterocycles. The van der Waals surface area contributed by atoms with Crippen molar-refractivity contribution in [3.05, 3.63) is 94.2 Å². The molecule has 4 nitrogen and oxygen atoms in total. The first-order valence-corrected chi connectivity index (χ1v) is 12.5. The summed E-state index contributed by atoms with van der Waals surface area (Å²) in [6.45, 7) is 1.71. The fourth-order valence-electron chi connectivity index (χ4n) is 4.09. The number of carbonyl (C=O) groups excluding carboxylic acids is 1. The number of rotatable bonds is 7. The van der Waals surface area contributed by atoms with E-state index in [4.69, 9.17) is 17.0 Å². The number of anilines is 1. The van der Waals surface area contributed by atoms with Gasteiger partial charge in [0.25, 0.3) is 5.91 Å². The first-order valence-electron chi connectivity index (χ1n) is 11.3. The quantitative estimate of drug-likeness (QED) is 0.360. The molecule has 0 atom stereocenters. The molecule has 3 aromatic rings. The lowest BCUT2D eigenvalue weighted by Crippen LogP contribution is -2.38. The summed E-state index contributed by atoms with van der Waals surface area (Å²) in [5.74, 6) is 0.303. The van der Waals surface area contributed by atoms with Crippen molar-refractivity contribution < 1.29 is 13.9 Å². The number of benzene rings is 3. The standard InChI is InChI=1S/C27H26BrFN2O2S/c28-22-8-11-25(24(29)17-22)30-26(32)18-33-23-9-6-21(7-10-23)27(34)31-14-12-20(13-15-31)16-19-4-2-1-3-5-19/h1-11,17,20H,12-16,18H2,(H,30,32). The second-order valence-corrected chi connectivity index (χ2v) is 9.71. The normalized spacial score (nSPS) is 14.0. The number of nitrogens with zero attached hydrogens (tertiary/aromatic N) is 1. The fraction of sp³-hybridized carbons (Fsp3) is 0.259. The summed E-state index contributed by atoms with van der Waals surface area (Å²) in [5.41, 5.74) is 2.48. The molecule has 0 bridgehead atoms. The van der Waals surface area contributed by atoms with E-state index in [1.54, 1.807) is 18.2 Å². The van der Waals surface area contributed by atoms with Crippen LogP contribution in [0.15, 0.2) is 77.3 Å². The van der Waals surface area contributed by atoms with Gasteiger partial charge in [-0.3, -0.25) is 4.79 Å². The van der Waals surface area contributed by atoms with Gasteiger partial charge >= 0.3 is 0 Å². The molecule has 3 aromatic carbocycles. The van der Waals surface area contributed by atoms with Crippen molar-refractivity contribution in [1.29, 1.82) is 0 Å². The number of likely N-dealkylation sites (tertiary alicyclic amines) is 1. The molecule has 34 heavy (non-hydrogen) atoms. The zero-order valence-electron chi connectivity index (χ0n) is 18.7. The predicted octanol–water partition coefficient (Wildman–Crippen LogP) is 6.24. The van der Waals surface area contributed by atoms with E-state index in [1.165, 1.54) is 17.7 Å². The molecular weight excluding hydrogens is 515 g/mol. The summed E-state index contributed by atoms with van der Waals surface area (Å²) < 4.78 is 20.0. The topological polar surface area (TPSA) is 41.6 Å². The van der Waals surface area contributed by atoms with Gasteiger partial charge in [0, 0.05) is 23.1 Å². The van der Waals surface area contributed by atoms with Gasteiger partial charge in [-0.2, -0.15) is 0 Å². The SMILES string of the molecule is O=C(COc1ccc(C(=S)N2CCC(Cc3ccccc3)CC2)cc1)Nc1ccc(Br)cc1F. The average Bonchev–Trinajstić information content (AvgIpc) is 2.85. The Bertz CT molecular complexity index is 1130. The number of thiocarbonyl (C=S) groups is 1. The number of carbonyl (C=O) groups is 1. The van der Waals surface area contributed by atoms with Crippen molar-refractivity contribution in [2.45, 2.75) is 19.3 Å². The molecule has 4 rings (SSSR count). The molecule has 0 spiro atoms. The molecule has 0 radical (unpaired) electrons. The minimum atomic E-state index is -0.510. The molecule has 176 valence electrons. The maximum Gasteiger partial charge on any atom is 0.262 e. The van der Waals surface area contributed by atoms with Gasteiger partial charge in [-0.25, -0.2) is 4.39 Å². The van der Waals surface area contributed by atoms with Crippen LogP contribution in [0.2, 0.25) is 0 Å². The van der Waals surface area contributed by atoms with Crippen LogP contribution < -0.4 is 10.1 Å². The molecule has 0 saturated carbocycles. The summed E-state index contributed by atoms with van der Waals surface area (Å²) in [6, 6.07) is 22.5. The third-order valence-corrected chi connectivity index (χ3v) is 6.93. The molecule has 1 heterocycles. The Morgan fingerprint density at radius 1 is 1.06 bits per heavy atom. The molecular formula is C27H26BrFN2O2S. The van der Waals surface area contributed by atoms with Gasteiger partial charge in [0.05, 0.1) is 5.69 Å². The van der Waals surface area contributed by atoms with Crippen LogP contribution in [-0.4, -0.2) is 35.5 Å². The average molecular weight is 541 g/mol. The number of amides is 1. The molecule has 0 unspecified atom stereocenters. The van der Waals surface area contributed by atoms with Crippen LogP contribution in [0.4, 0.5) is 10.1 Å². The minimum absolute atomic E-state index is 0.116. The van der Waals surface area contributed by atoms with Gasteiger partial charge in [0.1, 0.15) is 16.6 Å². The summed E-state index contributed by atoms with van der Waals surface area (Å²) in [7, 11) is 0. The zero-order chi connectivity index (χ0) is 23.9. The third kappa shape index (κ3) is 6.64. The Kier molecular flexibility index (Phi) is 8.29. The minimum Gasteiger partial charge on any atom is -0.484 e. The Morgan fingerprint density at radius 2 is 1.76 bits per heavy atom. The van der Waals surface area contributed by atoms with Crippen LogP contribution in [0.3, 0.4) is 0 Å². The summed E-state index contributed by atoms with van der Waals surface area (Å²) in [4.78, 5) is 15.2.